The van der Waals surface area contributed by atoms with Gasteiger partial charge in [0, 0.05) is 12.6 Å². The number of amides is 1. The number of rotatable bonds is 2. The Morgan fingerprint density at radius 3 is 2.62 bits per heavy atom. The Morgan fingerprint density at radius 1 is 1.25 bits per heavy atom. The molecule has 1 amide bonds. The van der Waals surface area contributed by atoms with Crippen LogP contribution in [-0.2, 0) is 11.3 Å². The summed E-state index contributed by atoms with van der Waals surface area (Å²) in [6.07, 6.45) is 2.24. The zero-order chi connectivity index (χ0) is 11.6. The van der Waals surface area contributed by atoms with Crippen molar-refractivity contribution in [3.05, 3.63) is 48.2 Å². The average Bonchev–Trinajstić information content (AvgIpc) is 2.26. The van der Waals surface area contributed by atoms with Crippen LogP contribution in [0.15, 0.2) is 42.6 Å². The number of hydrogen-bond acceptors (Lipinski definition) is 1. The molecule has 84 valence electrons. The molecule has 0 spiro atoms. The van der Waals surface area contributed by atoms with Gasteiger partial charge in [0.15, 0.2) is 0 Å². The standard InChI is InChI=1S/C12H11F2NO/c13-12(14)7-4-8-15(11(12)16)9-10-5-2-1-3-6-10/h1-6,8H,7,9H2. The number of nitrogens with zero attached hydrogens (tertiary/aromatic N) is 1. The maximum absolute atomic E-state index is 13.1. The molecule has 1 aliphatic heterocycles. The van der Waals surface area contributed by atoms with E-state index >= 15 is 0 Å². The molecule has 1 heterocycles. The summed E-state index contributed by atoms with van der Waals surface area (Å²) in [6, 6.07) is 9.06. The Balaban J connectivity index is 2.14. The number of halogens is 2. The number of allylic oxidation sites excluding steroid dienone is 1. The highest BCUT2D eigenvalue weighted by Gasteiger charge is 2.42. The second kappa shape index (κ2) is 4.04. The quantitative estimate of drug-likeness (QED) is 0.754. The summed E-state index contributed by atoms with van der Waals surface area (Å²) >= 11 is 0. The number of carbonyl (C=O) groups is 1. The van der Waals surface area contributed by atoms with Gasteiger partial charge in [-0.2, -0.15) is 8.78 Å². The molecule has 0 saturated heterocycles. The lowest BCUT2D eigenvalue weighted by Gasteiger charge is -2.27. The summed E-state index contributed by atoms with van der Waals surface area (Å²) < 4.78 is 26.2. The van der Waals surface area contributed by atoms with E-state index in [-0.39, 0.29) is 6.54 Å². The maximum Gasteiger partial charge on any atom is 0.328 e. The predicted molar refractivity (Wildman–Crippen MR) is 55.7 cm³/mol. The van der Waals surface area contributed by atoms with Crippen molar-refractivity contribution in [2.24, 2.45) is 0 Å². The van der Waals surface area contributed by atoms with Crippen LogP contribution >= 0.6 is 0 Å². The van der Waals surface area contributed by atoms with Gasteiger partial charge in [-0.1, -0.05) is 36.4 Å². The van der Waals surface area contributed by atoms with Gasteiger partial charge in [0.2, 0.25) is 0 Å². The van der Waals surface area contributed by atoms with Gasteiger partial charge in [-0.05, 0) is 5.56 Å². The van der Waals surface area contributed by atoms with Crippen LogP contribution in [0.1, 0.15) is 12.0 Å². The second-order valence-corrected chi connectivity index (χ2v) is 3.71. The molecule has 2 rings (SSSR count). The molecule has 0 saturated carbocycles. The number of carbonyl (C=O) groups excluding carboxylic acids is 1. The molecule has 0 aromatic heterocycles. The second-order valence-electron chi connectivity index (χ2n) is 3.71. The minimum absolute atomic E-state index is 0.186. The summed E-state index contributed by atoms with van der Waals surface area (Å²) in [6.45, 7) is 0.186. The smallest absolute Gasteiger partial charge is 0.310 e. The van der Waals surface area contributed by atoms with Gasteiger partial charge in [-0.25, -0.2) is 0 Å². The first kappa shape index (κ1) is 10.8. The molecule has 16 heavy (non-hydrogen) atoms. The highest BCUT2D eigenvalue weighted by molar-refractivity contribution is 5.85. The maximum atomic E-state index is 13.1. The third-order valence-electron chi connectivity index (χ3n) is 2.43. The zero-order valence-corrected chi connectivity index (χ0v) is 8.57. The lowest BCUT2D eigenvalue weighted by atomic mass is 10.1. The number of hydrogen-bond donors (Lipinski definition) is 0. The first-order valence-electron chi connectivity index (χ1n) is 4.99. The molecule has 0 N–H and O–H groups in total. The molecule has 0 bridgehead atoms. The van der Waals surface area contributed by atoms with Gasteiger partial charge < -0.3 is 4.90 Å². The molecular formula is C12H11F2NO. The van der Waals surface area contributed by atoms with Crippen molar-refractivity contribution in [3.63, 3.8) is 0 Å². The summed E-state index contributed by atoms with van der Waals surface area (Å²) in [7, 11) is 0. The molecule has 1 aromatic rings. The summed E-state index contributed by atoms with van der Waals surface area (Å²) in [5.41, 5.74) is 0.832. The predicted octanol–water partition coefficient (Wildman–Crippen LogP) is 2.57. The highest BCUT2D eigenvalue weighted by atomic mass is 19.3. The van der Waals surface area contributed by atoms with Crippen molar-refractivity contribution < 1.29 is 13.6 Å². The van der Waals surface area contributed by atoms with E-state index < -0.39 is 18.3 Å². The molecule has 0 fully saturated rings. The highest BCUT2D eigenvalue weighted by Crippen LogP contribution is 2.27. The van der Waals surface area contributed by atoms with Crippen LogP contribution in [0, 0.1) is 0 Å². The summed E-state index contributed by atoms with van der Waals surface area (Å²) in [5, 5.41) is 0. The van der Waals surface area contributed by atoms with Crippen molar-refractivity contribution >= 4 is 5.91 Å². The lowest BCUT2D eigenvalue weighted by molar-refractivity contribution is -0.156. The van der Waals surface area contributed by atoms with Crippen molar-refractivity contribution in [1.29, 1.82) is 0 Å². The third kappa shape index (κ3) is 2.10. The molecular weight excluding hydrogens is 212 g/mol. The minimum Gasteiger partial charge on any atom is -0.310 e. The monoisotopic (exact) mass is 223 g/mol. The van der Waals surface area contributed by atoms with E-state index in [4.69, 9.17) is 0 Å². The molecule has 0 aliphatic carbocycles. The van der Waals surface area contributed by atoms with Crippen molar-refractivity contribution in [3.8, 4) is 0 Å². The van der Waals surface area contributed by atoms with E-state index in [9.17, 15) is 13.6 Å². The Kier molecular flexibility index (Phi) is 2.73. The van der Waals surface area contributed by atoms with Crippen LogP contribution < -0.4 is 0 Å². The molecule has 1 aromatic carbocycles. The van der Waals surface area contributed by atoms with Gasteiger partial charge in [0.25, 0.3) is 5.91 Å². The van der Waals surface area contributed by atoms with Gasteiger partial charge in [-0.15, -0.1) is 0 Å². The van der Waals surface area contributed by atoms with Crippen LogP contribution in [0.4, 0.5) is 8.78 Å². The van der Waals surface area contributed by atoms with E-state index in [1.54, 1.807) is 12.1 Å². The van der Waals surface area contributed by atoms with Gasteiger partial charge in [-0.3, -0.25) is 4.79 Å². The average molecular weight is 223 g/mol. The van der Waals surface area contributed by atoms with Crippen molar-refractivity contribution in [2.45, 2.75) is 18.9 Å². The largest absolute Gasteiger partial charge is 0.328 e. The van der Waals surface area contributed by atoms with Crippen molar-refractivity contribution in [1.82, 2.24) is 4.90 Å². The first-order chi connectivity index (χ1) is 7.59. The van der Waals surface area contributed by atoms with Crippen LogP contribution in [0.3, 0.4) is 0 Å². The van der Waals surface area contributed by atoms with E-state index in [0.717, 1.165) is 10.5 Å². The topological polar surface area (TPSA) is 20.3 Å². The van der Waals surface area contributed by atoms with Gasteiger partial charge in [0.05, 0.1) is 6.54 Å². The summed E-state index contributed by atoms with van der Waals surface area (Å²) in [5.74, 6) is -4.39. The molecule has 1 aliphatic rings. The normalized spacial score (nSPS) is 18.9. The first-order valence-corrected chi connectivity index (χ1v) is 4.99. The fourth-order valence-electron chi connectivity index (χ4n) is 1.60. The molecule has 2 nitrogen and oxygen atoms in total. The molecule has 0 atom stereocenters. The van der Waals surface area contributed by atoms with E-state index in [1.807, 2.05) is 18.2 Å². The number of benzene rings is 1. The fourth-order valence-corrected chi connectivity index (χ4v) is 1.60. The molecule has 0 unspecified atom stereocenters. The Labute approximate surface area is 92.2 Å². The van der Waals surface area contributed by atoms with Gasteiger partial charge >= 0.3 is 5.92 Å². The van der Waals surface area contributed by atoms with E-state index in [0.29, 0.717) is 0 Å². The zero-order valence-electron chi connectivity index (χ0n) is 8.57. The Hall–Kier alpha value is -1.71. The third-order valence-corrected chi connectivity index (χ3v) is 2.43. The SMILES string of the molecule is O=C1N(Cc2ccccc2)C=CCC1(F)F. The van der Waals surface area contributed by atoms with Crippen LogP contribution in [0.25, 0.3) is 0 Å². The van der Waals surface area contributed by atoms with E-state index in [1.165, 1.54) is 12.3 Å². The number of alkyl halides is 2. The van der Waals surface area contributed by atoms with Gasteiger partial charge in [0.1, 0.15) is 0 Å². The Bertz CT molecular complexity index is 414. The van der Waals surface area contributed by atoms with Crippen molar-refractivity contribution in [2.75, 3.05) is 0 Å². The fraction of sp³-hybridized carbons (Fsp3) is 0.250. The lowest BCUT2D eigenvalue weighted by Crippen LogP contribution is -2.42. The Morgan fingerprint density at radius 2 is 1.94 bits per heavy atom. The van der Waals surface area contributed by atoms with Crippen LogP contribution in [0.2, 0.25) is 0 Å². The van der Waals surface area contributed by atoms with Crippen LogP contribution in [-0.4, -0.2) is 16.7 Å². The van der Waals surface area contributed by atoms with Crippen LogP contribution in [0.5, 0.6) is 0 Å². The minimum atomic E-state index is -3.26. The summed E-state index contributed by atoms with van der Waals surface area (Å²) in [4.78, 5) is 12.4. The molecule has 0 radical (unpaired) electrons. The van der Waals surface area contributed by atoms with E-state index in [2.05, 4.69) is 0 Å². The molecule has 4 heteroatoms.